The first-order valence-electron chi connectivity index (χ1n) is 9.71. The monoisotopic (exact) mass is 503 g/mol. The molecule has 1 heterocycles. The maximum atomic E-state index is 12.5. The Balaban J connectivity index is 1.96. The van der Waals surface area contributed by atoms with Gasteiger partial charge in [-0.3, -0.25) is 9.79 Å². The quantitative estimate of drug-likeness (QED) is 0.639. The number of nitrogens with one attached hydrogen (secondary N) is 1. The molecule has 2 fully saturated rings. The Kier molecular flexibility index (Phi) is 6.97. The van der Waals surface area contributed by atoms with Crippen molar-refractivity contribution in [2.75, 3.05) is 12.3 Å². The number of halogens is 1. The third-order valence-corrected chi connectivity index (χ3v) is 8.78. The number of aliphatic imine (C=N–C) groups is 1. The zero-order valence-corrected chi connectivity index (χ0v) is 19.7. The number of sulfonamides is 1. The predicted octanol–water partition coefficient (Wildman–Crippen LogP) is 3.18. The van der Waals surface area contributed by atoms with Gasteiger partial charge in [0.2, 0.25) is 5.91 Å². The van der Waals surface area contributed by atoms with Crippen LogP contribution in [0.1, 0.15) is 51.5 Å². The molecule has 1 aliphatic carbocycles. The molecule has 0 radical (unpaired) electrons. The van der Waals surface area contributed by atoms with Crippen LogP contribution in [0.3, 0.4) is 0 Å². The lowest BCUT2D eigenvalue weighted by molar-refractivity contribution is -0.117. The van der Waals surface area contributed by atoms with Gasteiger partial charge in [0.25, 0.3) is 10.0 Å². The molecule has 1 unspecified atom stereocenters. The van der Waals surface area contributed by atoms with Crippen LogP contribution in [-0.2, 0) is 20.5 Å². The van der Waals surface area contributed by atoms with Crippen LogP contribution in [0, 0.1) is 0 Å². The van der Waals surface area contributed by atoms with E-state index in [-0.39, 0.29) is 10.9 Å². The molecule has 1 aliphatic heterocycles. The second-order valence-electron chi connectivity index (χ2n) is 7.36. The van der Waals surface area contributed by atoms with Crippen molar-refractivity contribution in [3.05, 3.63) is 28.2 Å². The second kappa shape index (κ2) is 8.95. The van der Waals surface area contributed by atoms with E-state index >= 15 is 0 Å². The van der Waals surface area contributed by atoms with Crippen LogP contribution in [0.4, 0.5) is 0 Å². The zero-order chi connectivity index (χ0) is 21.2. The summed E-state index contributed by atoms with van der Waals surface area (Å²) in [5.74, 6) is -0.317. The van der Waals surface area contributed by atoms with Crippen molar-refractivity contribution < 1.29 is 18.3 Å². The summed E-state index contributed by atoms with van der Waals surface area (Å²) in [6, 6.07) is 4.98. The van der Waals surface area contributed by atoms with Gasteiger partial charge >= 0.3 is 0 Å². The molecule has 160 valence electrons. The normalized spacial score (nSPS) is 24.8. The van der Waals surface area contributed by atoms with Crippen LogP contribution >= 0.6 is 27.7 Å². The molecule has 0 spiro atoms. The molecule has 1 amide bonds. The highest BCUT2D eigenvalue weighted by molar-refractivity contribution is 9.10. The van der Waals surface area contributed by atoms with Gasteiger partial charge in [-0.2, -0.15) is 0 Å². The molecule has 7 nitrogen and oxygen atoms in total. The lowest BCUT2D eigenvalue weighted by Gasteiger charge is -2.34. The topological polar surface area (TPSA) is 99.1 Å². The van der Waals surface area contributed by atoms with Crippen LogP contribution in [0.15, 0.2) is 32.6 Å². The number of thioether (sulfide) groups is 1. The van der Waals surface area contributed by atoms with E-state index in [0.29, 0.717) is 22.3 Å². The fourth-order valence-electron chi connectivity index (χ4n) is 3.79. The van der Waals surface area contributed by atoms with Crippen LogP contribution < -0.4 is 4.72 Å². The lowest BCUT2D eigenvalue weighted by Crippen LogP contribution is -2.45. The summed E-state index contributed by atoms with van der Waals surface area (Å²) in [5, 5.41) is 12.3. The van der Waals surface area contributed by atoms with Gasteiger partial charge in [0.15, 0.2) is 10.9 Å². The van der Waals surface area contributed by atoms with Gasteiger partial charge < -0.3 is 10.0 Å². The highest BCUT2D eigenvalue weighted by Crippen LogP contribution is 2.41. The summed E-state index contributed by atoms with van der Waals surface area (Å²) in [6.07, 6.45) is 5.74. The average Bonchev–Trinajstić information content (AvgIpc) is 2.98. The largest absolute Gasteiger partial charge is 0.366 e. The molecule has 1 atom stereocenters. The molecule has 2 aliphatic rings. The number of carbonyl (C=O) groups is 1. The zero-order valence-electron chi connectivity index (χ0n) is 16.5. The fraction of sp³-hybridized carbons (Fsp3) is 0.579. The maximum absolute atomic E-state index is 12.5. The van der Waals surface area contributed by atoms with E-state index in [9.17, 15) is 18.3 Å². The molecule has 1 saturated carbocycles. The van der Waals surface area contributed by atoms with Gasteiger partial charge in [0, 0.05) is 23.5 Å². The van der Waals surface area contributed by atoms with Crippen LogP contribution in [-0.4, -0.2) is 47.8 Å². The molecule has 1 aromatic carbocycles. The molecule has 2 N–H and O–H groups in total. The number of carbonyl (C=O) groups excluding carboxylic acids is 1. The number of hydrogen-bond acceptors (Lipinski definition) is 6. The summed E-state index contributed by atoms with van der Waals surface area (Å²) in [6.45, 7) is 3.63. The second-order valence-corrected chi connectivity index (χ2v) is 10.8. The van der Waals surface area contributed by atoms with Gasteiger partial charge in [-0.25, -0.2) is 13.1 Å². The Morgan fingerprint density at radius 2 is 2.07 bits per heavy atom. The molecule has 1 saturated heterocycles. The summed E-state index contributed by atoms with van der Waals surface area (Å²) >= 11 is 4.73. The van der Waals surface area contributed by atoms with Gasteiger partial charge in [0.1, 0.15) is 4.90 Å². The average molecular weight is 504 g/mol. The van der Waals surface area contributed by atoms with Gasteiger partial charge in [-0.15, -0.1) is 0 Å². The first-order valence-corrected chi connectivity index (χ1v) is 13.0. The van der Waals surface area contributed by atoms with Crippen molar-refractivity contribution in [3.63, 3.8) is 0 Å². The SMILES string of the molecule is CCN1C(=NC2CCCCC2)SCC1(O)c1ccc(Br)c(S(=O)(=O)NC(C)=O)c1. The Labute approximate surface area is 184 Å². The van der Waals surface area contributed by atoms with Crippen molar-refractivity contribution in [1.29, 1.82) is 0 Å². The molecule has 1 aromatic rings. The molecule has 3 rings (SSSR count). The van der Waals surface area contributed by atoms with Gasteiger partial charge in [-0.05, 0) is 47.8 Å². The van der Waals surface area contributed by atoms with E-state index in [2.05, 4.69) is 15.9 Å². The number of benzene rings is 1. The Morgan fingerprint density at radius 1 is 1.38 bits per heavy atom. The van der Waals surface area contributed by atoms with E-state index in [1.807, 2.05) is 16.5 Å². The Hall–Kier alpha value is -1.10. The number of rotatable bonds is 5. The predicted molar refractivity (Wildman–Crippen MR) is 118 cm³/mol. The number of hydrogen-bond donors (Lipinski definition) is 2. The highest BCUT2D eigenvalue weighted by atomic mass is 79.9. The van der Waals surface area contributed by atoms with Crippen molar-refractivity contribution in [3.8, 4) is 0 Å². The maximum Gasteiger partial charge on any atom is 0.265 e. The molecular formula is C19H26BrN3O4S2. The van der Waals surface area contributed by atoms with Crippen LogP contribution in [0.5, 0.6) is 0 Å². The minimum absolute atomic E-state index is 0.0858. The summed E-state index contributed by atoms with van der Waals surface area (Å²) in [7, 11) is -4.04. The van der Waals surface area contributed by atoms with Gasteiger partial charge in [-0.1, -0.05) is 37.1 Å². The standard InChI is InChI=1S/C19H26BrN3O4S2/c1-3-23-18(21-15-7-5-4-6-8-15)28-12-19(23,25)14-9-10-16(20)17(11-14)29(26,27)22-13(2)24/h9-11,15,25H,3-8,12H2,1-2H3,(H,22,24). The van der Waals surface area contributed by atoms with Crippen molar-refractivity contribution >= 4 is 48.8 Å². The fourth-order valence-corrected chi connectivity index (χ4v) is 7.08. The number of aliphatic hydroxyl groups is 1. The molecular weight excluding hydrogens is 478 g/mol. The van der Waals surface area contributed by atoms with Crippen molar-refractivity contribution in [2.45, 2.75) is 62.6 Å². The first-order chi connectivity index (χ1) is 13.7. The number of amides is 1. The van der Waals surface area contributed by atoms with E-state index in [1.54, 1.807) is 12.1 Å². The molecule has 29 heavy (non-hydrogen) atoms. The van der Waals surface area contributed by atoms with Crippen molar-refractivity contribution in [1.82, 2.24) is 9.62 Å². The third-order valence-electron chi connectivity index (χ3n) is 5.23. The number of amidine groups is 1. The Morgan fingerprint density at radius 3 is 2.69 bits per heavy atom. The van der Waals surface area contributed by atoms with Crippen LogP contribution in [0.25, 0.3) is 0 Å². The summed E-state index contributed by atoms with van der Waals surface area (Å²) < 4.78 is 27.4. The van der Waals surface area contributed by atoms with Gasteiger partial charge in [0.05, 0.1) is 11.8 Å². The summed E-state index contributed by atoms with van der Waals surface area (Å²) in [4.78, 5) is 17.9. The third kappa shape index (κ3) is 4.81. The van der Waals surface area contributed by atoms with E-state index in [4.69, 9.17) is 4.99 Å². The number of nitrogens with zero attached hydrogens (tertiary/aromatic N) is 2. The van der Waals surface area contributed by atoms with E-state index in [1.165, 1.54) is 37.1 Å². The molecule has 0 aromatic heterocycles. The Bertz CT molecular complexity index is 916. The minimum atomic E-state index is -4.04. The first kappa shape index (κ1) is 22.6. The van der Waals surface area contributed by atoms with E-state index in [0.717, 1.165) is 24.9 Å². The smallest absolute Gasteiger partial charge is 0.265 e. The highest BCUT2D eigenvalue weighted by Gasteiger charge is 2.45. The minimum Gasteiger partial charge on any atom is -0.366 e. The van der Waals surface area contributed by atoms with Crippen molar-refractivity contribution in [2.24, 2.45) is 4.99 Å². The lowest BCUT2D eigenvalue weighted by atomic mass is 9.96. The molecule has 10 heteroatoms. The summed E-state index contributed by atoms with van der Waals surface area (Å²) in [5.41, 5.74) is -0.915. The van der Waals surface area contributed by atoms with Crippen LogP contribution in [0.2, 0.25) is 0 Å². The molecule has 0 bridgehead atoms. The van der Waals surface area contributed by atoms with E-state index < -0.39 is 21.7 Å².